The summed E-state index contributed by atoms with van der Waals surface area (Å²) >= 11 is 0. The standard InChI is InChI=1S/C22H25FO5/c1-6-28-22(24)14(2)11-18(15-7-9-16(23)10-8-15)21-19(26-4)12-17(25-3)13-20(21)27-5/h7-13,18H,6H2,1-5H3/b14-11+. The molecule has 150 valence electrons. The fourth-order valence-corrected chi connectivity index (χ4v) is 2.92. The Kier molecular flexibility index (Phi) is 7.44. The first-order chi connectivity index (χ1) is 13.4. The zero-order valence-electron chi connectivity index (χ0n) is 16.7. The number of halogens is 1. The average Bonchev–Trinajstić information content (AvgIpc) is 2.71. The molecule has 0 aliphatic carbocycles. The predicted molar refractivity (Wildman–Crippen MR) is 105 cm³/mol. The van der Waals surface area contributed by atoms with Crippen molar-refractivity contribution in [3.05, 3.63) is 65.0 Å². The van der Waals surface area contributed by atoms with Crippen LogP contribution in [0.2, 0.25) is 0 Å². The molecule has 2 aromatic rings. The lowest BCUT2D eigenvalue weighted by Gasteiger charge is -2.22. The van der Waals surface area contributed by atoms with Crippen LogP contribution in [-0.4, -0.2) is 33.9 Å². The quantitative estimate of drug-likeness (QED) is 0.493. The first-order valence-corrected chi connectivity index (χ1v) is 8.86. The van der Waals surface area contributed by atoms with Crippen LogP contribution < -0.4 is 14.2 Å². The zero-order valence-corrected chi connectivity index (χ0v) is 16.7. The van der Waals surface area contributed by atoms with Crippen LogP contribution in [0, 0.1) is 5.82 Å². The Labute approximate surface area is 164 Å². The highest BCUT2D eigenvalue weighted by Crippen LogP contribution is 2.43. The smallest absolute Gasteiger partial charge is 0.333 e. The molecule has 5 nitrogen and oxygen atoms in total. The number of esters is 1. The first kappa shape index (κ1) is 21.3. The summed E-state index contributed by atoms with van der Waals surface area (Å²) in [6, 6.07) is 9.55. The van der Waals surface area contributed by atoms with E-state index in [1.807, 2.05) is 0 Å². The van der Waals surface area contributed by atoms with Crippen molar-refractivity contribution < 1.29 is 28.1 Å². The third-order valence-corrected chi connectivity index (χ3v) is 4.31. The molecule has 0 amide bonds. The van der Waals surface area contributed by atoms with E-state index in [1.165, 1.54) is 12.1 Å². The molecule has 6 heteroatoms. The maximum Gasteiger partial charge on any atom is 0.333 e. The highest BCUT2D eigenvalue weighted by atomic mass is 19.1. The maximum absolute atomic E-state index is 13.5. The Balaban J connectivity index is 2.70. The first-order valence-electron chi connectivity index (χ1n) is 8.86. The molecule has 0 spiro atoms. The number of hydrogen-bond acceptors (Lipinski definition) is 5. The van der Waals surface area contributed by atoms with Gasteiger partial charge in [-0.25, -0.2) is 9.18 Å². The molecule has 0 aromatic heterocycles. The van der Waals surface area contributed by atoms with Crippen LogP contribution in [0.25, 0.3) is 0 Å². The van der Waals surface area contributed by atoms with E-state index >= 15 is 0 Å². The van der Waals surface area contributed by atoms with Crippen molar-refractivity contribution >= 4 is 5.97 Å². The van der Waals surface area contributed by atoms with Gasteiger partial charge in [0.2, 0.25) is 0 Å². The van der Waals surface area contributed by atoms with Crippen LogP contribution in [0.4, 0.5) is 4.39 Å². The molecular formula is C22H25FO5. The van der Waals surface area contributed by atoms with E-state index in [0.717, 1.165) is 5.56 Å². The van der Waals surface area contributed by atoms with Crippen LogP contribution >= 0.6 is 0 Å². The molecule has 2 aromatic carbocycles. The van der Waals surface area contributed by atoms with Crippen LogP contribution in [-0.2, 0) is 9.53 Å². The van der Waals surface area contributed by atoms with E-state index in [4.69, 9.17) is 18.9 Å². The van der Waals surface area contributed by atoms with Crippen molar-refractivity contribution in [2.45, 2.75) is 19.8 Å². The van der Waals surface area contributed by atoms with Crippen molar-refractivity contribution in [1.29, 1.82) is 0 Å². The van der Waals surface area contributed by atoms with E-state index in [-0.39, 0.29) is 12.4 Å². The molecule has 0 saturated heterocycles. The lowest BCUT2D eigenvalue weighted by atomic mass is 9.88. The molecule has 1 unspecified atom stereocenters. The van der Waals surface area contributed by atoms with Crippen molar-refractivity contribution in [1.82, 2.24) is 0 Å². The minimum Gasteiger partial charge on any atom is -0.496 e. The van der Waals surface area contributed by atoms with Gasteiger partial charge in [0, 0.05) is 29.2 Å². The van der Waals surface area contributed by atoms with E-state index in [2.05, 4.69) is 0 Å². The SMILES string of the molecule is CCOC(=O)/C(C)=C/C(c1ccc(F)cc1)c1c(OC)cc(OC)cc1OC. The molecule has 0 bridgehead atoms. The lowest BCUT2D eigenvalue weighted by molar-refractivity contribution is -0.138. The van der Waals surface area contributed by atoms with Crippen LogP contribution in [0.5, 0.6) is 17.2 Å². The molecule has 0 N–H and O–H groups in total. The van der Waals surface area contributed by atoms with Gasteiger partial charge in [-0.3, -0.25) is 0 Å². The second-order valence-electron chi connectivity index (χ2n) is 6.04. The minimum absolute atomic E-state index is 0.278. The number of rotatable bonds is 8. The van der Waals surface area contributed by atoms with Gasteiger partial charge in [-0.05, 0) is 31.5 Å². The Bertz CT molecular complexity index is 818. The molecule has 2 rings (SSSR count). The normalized spacial score (nSPS) is 12.3. The molecule has 0 aliphatic rings. The minimum atomic E-state index is -0.430. The second-order valence-corrected chi connectivity index (χ2v) is 6.04. The van der Waals surface area contributed by atoms with Crippen LogP contribution in [0.1, 0.15) is 30.9 Å². The number of allylic oxidation sites excluding steroid dienone is 1. The van der Waals surface area contributed by atoms with Crippen molar-refractivity contribution in [3.63, 3.8) is 0 Å². The van der Waals surface area contributed by atoms with Gasteiger partial charge in [0.15, 0.2) is 0 Å². The van der Waals surface area contributed by atoms with Gasteiger partial charge in [0.1, 0.15) is 23.1 Å². The largest absolute Gasteiger partial charge is 0.496 e. The fourth-order valence-electron chi connectivity index (χ4n) is 2.92. The number of benzene rings is 2. The monoisotopic (exact) mass is 388 g/mol. The zero-order chi connectivity index (χ0) is 20.7. The Morgan fingerprint density at radius 3 is 2.07 bits per heavy atom. The number of carbonyl (C=O) groups excluding carboxylic acids is 1. The highest BCUT2D eigenvalue weighted by Gasteiger charge is 2.24. The number of methoxy groups -OCH3 is 3. The van der Waals surface area contributed by atoms with Gasteiger partial charge in [-0.15, -0.1) is 0 Å². The summed E-state index contributed by atoms with van der Waals surface area (Å²) in [5.41, 5.74) is 1.89. The van der Waals surface area contributed by atoms with Crippen molar-refractivity contribution in [2.24, 2.45) is 0 Å². The van der Waals surface area contributed by atoms with Gasteiger partial charge >= 0.3 is 5.97 Å². The molecule has 28 heavy (non-hydrogen) atoms. The Hall–Kier alpha value is -3.02. The van der Waals surface area contributed by atoms with E-state index < -0.39 is 11.9 Å². The number of hydrogen-bond donors (Lipinski definition) is 0. The Morgan fingerprint density at radius 1 is 1.04 bits per heavy atom. The predicted octanol–water partition coefficient (Wildman–Crippen LogP) is 4.49. The summed E-state index contributed by atoms with van der Waals surface area (Å²) in [5, 5.41) is 0. The molecule has 0 fully saturated rings. The van der Waals surface area contributed by atoms with Gasteiger partial charge in [0.25, 0.3) is 0 Å². The number of carbonyl (C=O) groups is 1. The summed E-state index contributed by atoms with van der Waals surface area (Å²) in [6.45, 7) is 3.70. The molecule has 0 heterocycles. The van der Waals surface area contributed by atoms with Gasteiger partial charge in [-0.1, -0.05) is 18.2 Å². The van der Waals surface area contributed by atoms with Gasteiger partial charge in [0.05, 0.1) is 27.9 Å². The van der Waals surface area contributed by atoms with Crippen LogP contribution in [0.15, 0.2) is 48.0 Å². The van der Waals surface area contributed by atoms with Crippen LogP contribution in [0.3, 0.4) is 0 Å². The summed E-state index contributed by atoms with van der Waals surface area (Å²) < 4.78 is 35.0. The van der Waals surface area contributed by atoms with Crippen molar-refractivity contribution in [2.75, 3.05) is 27.9 Å². The maximum atomic E-state index is 13.5. The van der Waals surface area contributed by atoms with Gasteiger partial charge in [-0.2, -0.15) is 0 Å². The van der Waals surface area contributed by atoms with Crippen molar-refractivity contribution in [3.8, 4) is 17.2 Å². The Morgan fingerprint density at radius 2 is 1.61 bits per heavy atom. The highest BCUT2D eigenvalue weighted by molar-refractivity contribution is 5.88. The molecule has 0 aliphatic heterocycles. The molecule has 0 radical (unpaired) electrons. The second kappa shape index (κ2) is 9.78. The van der Waals surface area contributed by atoms with Gasteiger partial charge < -0.3 is 18.9 Å². The summed E-state index contributed by atoms with van der Waals surface area (Å²) in [6.07, 6.45) is 1.76. The third kappa shape index (κ3) is 4.82. The lowest BCUT2D eigenvalue weighted by Crippen LogP contribution is -2.09. The summed E-state index contributed by atoms with van der Waals surface area (Å²) in [5.74, 6) is 0.433. The third-order valence-electron chi connectivity index (χ3n) is 4.31. The summed E-state index contributed by atoms with van der Waals surface area (Å²) in [4.78, 5) is 12.2. The van der Waals surface area contributed by atoms with E-state index in [1.54, 1.807) is 65.5 Å². The van der Waals surface area contributed by atoms with E-state index in [0.29, 0.717) is 28.4 Å². The topological polar surface area (TPSA) is 54.0 Å². The van der Waals surface area contributed by atoms with E-state index in [9.17, 15) is 9.18 Å². The number of ether oxygens (including phenoxy) is 4. The summed E-state index contributed by atoms with van der Waals surface area (Å²) in [7, 11) is 4.64. The average molecular weight is 388 g/mol. The molecular weight excluding hydrogens is 363 g/mol. The molecule has 1 atom stereocenters. The molecule has 0 saturated carbocycles. The fraction of sp³-hybridized carbons (Fsp3) is 0.318.